The van der Waals surface area contributed by atoms with Crippen LogP contribution in [-0.2, 0) is 28.0 Å². The molecule has 0 fully saturated rings. The zero-order chi connectivity index (χ0) is 15.0. The predicted molar refractivity (Wildman–Crippen MR) is 72.5 cm³/mol. The molecule has 2 amide bonds. The molecule has 0 unspecified atom stereocenters. The van der Waals surface area contributed by atoms with Gasteiger partial charge in [-0.05, 0) is 0 Å². The zero-order valence-electron chi connectivity index (χ0n) is 13.6. The minimum Gasteiger partial charge on any atom is -1.00 e. The van der Waals surface area contributed by atoms with Crippen LogP contribution >= 0.6 is 0 Å². The van der Waals surface area contributed by atoms with Gasteiger partial charge in [-0.2, -0.15) is 0 Å². The minimum atomic E-state index is -2.34. The van der Waals surface area contributed by atoms with E-state index in [-0.39, 0.29) is 42.0 Å². The molecule has 0 aliphatic heterocycles. The van der Waals surface area contributed by atoms with Gasteiger partial charge in [0.1, 0.15) is 0 Å². The first kappa shape index (κ1) is 23.0. The van der Waals surface area contributed by atoms with Crippen molar-refractivity contribution in [1.29, 1.82) is 0 Å². The van der Waals surface area contributed by atoms with E-state index >= 15 is 0 Å². The smallest absolute Gasteiger partial charge is 1.00 e. The van der Waals surface area contributed by atoms with Crippen LogP contribution < -0.4 is 32.4 Å². The summed E-state index contributed by atoms with van der Waals surface area (Å²) in [6, 6.07) is 0. The summed E-state index contributed by atoms with van der Waals surface area (Å²) in [7, 11) is 0. The molecule has 4 nitrogen and oxygen atoms in total. The van der Waals surface area contributed by atoms with Crippen molar-refractivity contribution >= 4 is 11.8 Å². The monoisotopic (exact) mass is 369 g/mol. The first-order valence-corrected chi connectivity index (χ1v) is 8.75. The molecule has 0 bridgehead atoms. The van der Waals surface area contributed by atoms with Gasteiger partial charge in [-0.3, -0.25) is 0 Å². The van der Waals surface area contributed by atoms with Crippen LogP contribution in [0.25, 0.3) is 0 Å². The van der Waals surface area contributed by atoms with Crippen LogP contribution in [-0.4, -0.2) is 11.8 Å². The molecule has 0 atom stereocenters. The Hall–Kier alpha value is -0.286. The molecule has 2 N–H and O–H groups in total. The van der Waals surface area contributed by atoms with Crippen molar-refractivity contribution in [2.45, 2.75) is 48.5 Å². The summed E-state index contributed by atoms with van der Waals surface area (Å²) in [6.07, 6.45) is 0. The van der Waals surface area contributed by atoms with Gasteiger partial charge in [-0.15, -0.1) is 0 Å². The molecular formula is C14H23Cl2N2O2Ti. The van der Waals surface area contributed by atoms with Gasteiger partial charge in [0.15, 0.2) is 0 Å². The number of hydrogen-bond donors (Lipinski definition) is 2. The van der Waals surface area contributed by atoms with Crippen LogP contribution in [0.2, 0.25) is 0 Å². The number of rotatable bonds is 3. The van der Waals surface area contributed by atoms with Crippen molar-refractivity contribution in [3.05, 3.63) is 20.6 Å². The van der Waals surface area contributed by atoms with E-state index in [1.165, 1.54) is 34.4 Å². The molecule has 0 spiro atoms. The first-order valence-electron chi connectivity index (χ1n) is 6.41. The number of carbonyl (C=O) groups excluding carboxylic acids is 2. The number of carbonyl (C=O) groups is 2. The van der Waals surface area contributed by atoms with Gasteiger partial charge >= 0.3 is 122 Å². The second-order valence-electron chi connectivity index (χ2n) is 5.61. The third-order valence-corrected chi connectivity index (χ3v) is 8.14. The summed E-state index contributed by atoms with van der Waals surface area (Å²) in [6.45, 7) is 13.6. The fourth-order valence-corrected chi connectivity index (χ4v) is 6.34. The molecule has 0 saturated carbocycles. The number of halogens is 2. The Balaban J connectivity index is 0. The van der Waals surface area contributed by atoms with Gasteiger partial charge in [0, 0.05) is 0 Å². The van der Waals surface area contributed by atoms with E-state index in [0.29, 0.717) is 0 Å². The van der Waals surface area contributed by atoms with Crippen LogP contribution in [0.5, 0.6) is 0 Å². The number of nitrogens with one attached hydrogen (secondary N) is 2. The van der Waals surface area contributed by atoms with Gasteiger partial charge in [-0.1, -0.05) is 0 Å². The zero-order valence-corrected chi connectivity index (χ0v) is 16.6. The normalized spacial score (nSPS) is 16.0. The van der Waals surface area contributed by atoms with Crippen molar-refractivity contribution in [1.82, 2.24) is 7.60 Å². The molecule has 1 aliphatic rings. The van der Waals surface area contributed by atoms with E-state index in [9.17, 15) is 9.59 Å². The molecule has 0 heterocycles. The third-order valence-electron chi connectivity index (χ3n) is 3.91. The van der Waals surface area contributed by atoms with Crippen LogP contribution in [0, 0.1) is 5.41 Å². The third kappa shape index (κ3) is 4.85. The van der Waals surface area contributed by atoms with Gasteiger partial charge in [0.2, 0.25) is 0 Å². The minimum absolute atomic E-state index is 0. The fourth-order valence-electron chi connectivity index (χ4n) is 2.60. The van der Waals surface area contributed by atoms with Crippen molar-refractivity contribution in [3.8, 4) is 0 Å². The van der Waals surface area contributed by atoms with Gasteiger partial charge < -0.3 is 24.8 Å². The summed E-state index contributed by atoms with van der Waals surface area (Å²) in [5, 5.41) is 0. The van der Waals surface area contributed by atoms with Crippen LogP contribution in [0.3, 0.4) is 0 Å². The van der Waals surface area contributed by atoms with E-state index in [4.69, 9.17) is 0 Å². The van der Waals surface area contributed by atoms with E-state index in [0.717, 1.165) is 0 Å². The molecule has 1 rings (SSSR count). The van der Waals surface area contributed by atoms with E-state index in [2.05, 4.69) is 42.2 Å². The molecule has 0 aromatic rings. The molecule has 119 valence electrons. The van der Waals surface area contributed by atoms with E-state index in [1.807, 2.05) is 0 Å². The maximum Gasteiger partial charge on any atom is -1.00 e. The van der Waals surface area contributed by atoms with E-state index in [1.54, 1.807) is 0 Å². The Morgan fingerprint density at radius 1 is 0.905 bits per heavy atom. The molecule has 0 radical (unpaired) electrons. The van der Waals surface area contributed by atoms with Crippen molar-refractivity contribution in [2.75, 3.05) is 0 Å². The summed E-state index contributed by atoms with van der Waals surface area (Å²) in [5.41, 5.74) is 3.73. The Labute approximate surface area is 146 Å². The Morgan fingerprint density at radius 2 is 1.29 bits per heavy atom. The Kier molecular flexibility index (Phi) is 9.17. The second kappa shape index (κ2) is 8.37. The standard InChI is InChI=1S/C10H15.2C2H5NO.2ClH.Ti/c1-7-6-10(4,5)9(3)8(7)2;2*1-2(3)4;;;/h1-5H3;2*1H3,(H2,3,4);2*1H;/q;;;;;+4/p-4. The fraction of sp³-hybridized carbons (Fsp3) is 0.571. The molecule has 21 heavy (non-hydrogen) atoms. The van der Waals surface area contributed by atoms with Gasteiger partial charge in [0.05, 0.1) is 0 Å². The SMILES string of the molecule is CC(=O)[NH][Ti+2]([NH]C(C)=O)[C]1=C(C)C(C)=C(C)C1(C)C.[Cl-].[Cl-]. The van der Waals surface area contributed by atoms with Crippen LogP contribution in [0.4, 0.5) is 0 Å². The summed E-state index contributed by atoms with van der Waals surface area (Å²) < 4.78 is 7.21. The Morgan fingerprint density at radius 3 is 1.52 bits per heavy atom. The number of amides is 2. The Bertz CT molecular complexity index is 483. The maximum atomic E-state index is 11.4. The first-order chi connectivity index (χ1) is 8.59. The van der Waals surface area contributed by atoms with E-state index < -0.39 is 18.4 Å². The molecular weight excluding hydrogens is 347 g/mol. The summed E-state index contributed by atoms with van der Waals surface area (Å²) in [5.74, 6) is -0.163. The van der Waals surface area contributed by atoms with Crippen molar-refractivity contribution < 1.29 is 52.8 Å². The van der Waals surface area contributed by atoms with Crippen molar-refractivity contribution in [3.63, 3.8) is 0 Å². The van der Waals surface area contributed by atoms with Gasteiger partial charge in [0.25, 0.3) is 0 Å². The number of allylic oxidation sites excluding steroid dienone is 4. The molecule has 0 saturated heterocycles. The number of hydrogen-bond acceptors (Lipinski definition) is 2. The predicted octanol–water partition coefficient (Wildman–Crippen LogP) is -3.63. The average Bonchev–Trinajstić information content (AvgIpc) is 2.37. The quantitative estimate of drug-likeness (QED) is 0.504. The van der Waals surface area contributed by atoms with Crippen LogP contribution in [0.15, 0.2) is 20.6 Å². The maximum absolute atomic E-state index is 11.4. The second-order valence-corrected chi connectivity index (χ2v) is 8.35. The topological polar surface area (TPSA) is 58.2 Å². The summed E-state index contributed by atoms with van der Waals surface area (Å²) >= 11 is -2.34. The molecule has 0 aromatic carbocycles. The van der Waals surface area contributed by atoms with Gasteiger partial charge in [-0.25, -0.2) is 0 Å². The molecule has 7 heteroatoms. The van der Waals surface area contributed by atoms with Crippen LogP contribution in [0.1, 0.15) is 48.5 Å². The largest absolute Gasteiger partial charge is 1.00 e. The molecule has 1 aliphatic carbocycles. The van der Waals surface area contributed by atoms with Crippen molar-refractivity contribution in [2.24, 2.45) is 5.41 Å². The summed E-state index contributed by atoms with van der Waals surface area (Å²) in [4.78, 5) is 22.8. The molecule has 0 aromatic heterocycles. The average molecular weight is 370 g/mol.